The first-order chi connectivity index (χ1) is 10.6. The average molecular weight is 306 g/mol. The molecule has 1 aromatic rings. The lowest BCUT2D eigenvalue weighted by molar-refractivity contribution is 0.0697. The predicted octanol–water partition coefficient (Wildman–Crippen LogP) is 1.74. The Hall–Kier alpha value is -2.08. The Balaban J connectivity index is 1.72. The normalized spacial score (nSPS) is 21.1. The molecule has 6 heteroatoms. The summed E-state index contributed by atoms with van der Waals surface area (Å²) >= 11 is 0. The van der Waals surface area contributed by atoms with E-state index in [1.165, 1.54) is 12.1 Å². The Morgan fingerprint density at radius 1 is 1.09 bits per heavy atom. The molecular formula is C16H22N2O4. The number of benzene rings is 1. The zero-order valence-electron chi connectivity index (χ0n) is 12.4. The van der Waals surface area contributed by atoms with Crippen molar-refractivity contribution in [2.45, 2.75) is 38.3 Å². The molecule has 0 heterocycles. The third kappa shape index (κ3) is 4.73. The summed E-state index contributed by atoms with van der Waals surface area (Å²) in [7, 11) is 0. The minimum absolute atomic E-state index is 0.164. The van der Waals surface area contributed by atoms with E-state index in [1.807, 2.05) is 0 Å². The molecule has 2 amide bonds. The molecule has 1 fully saturated rings. The SMILES string of the molecule is O=C(NCc1ccc(C(=O)O)cc1)NC1CCC(CO)CC1. The number of carbonyl (C=O) groups excluding carboxylic acids is 1. The van der Waals surface area contributed by atoms with E-state index in [1.54, 1.807) is 12.1 Å². The van der Waals surface area contributed by atoms with Crippen LogP contribution < -0.4 is 10.6 Å². The number of amides is 2. The van der Waals surface area contributed by atoms with E-state index in [0.717, 1.165) is 31.2 Å². The van der Waals surface area contributed by atoms with Crippen molar-refractivity contribution in [2.24, 2.45) is 5.92 Å². The predicted molar refractivity (Wildman–Crippen MR) is 81.6 cm³/mol. The van der Waals surface area contributed by atoms with Gasteiger partial charge in [0, 0.05) is 19.2 Å². The Morgan fingerprint density at radius 3 is 2.27 bits per heavy atom. The fourth-order valence-electron chi connectivity index (χ4n) is 2.67. The van der Waals surface area contributed by atoms with Crippen LogP contribution in [-0.2, 0) is 6.54 Å². The maximum absolute atomic E-state index is 11.8. The van der Waals surface area contributed by atoms with E-state index in [4.69, 9.17) is 10.2 Å². The molecule has 120 valence electrons. The van der Waals surface area contributed by atoms with Crippen LogP contribution in [-0.4, -0.2) is 34.9 Å². The molecule has 1 aliphatic carbocycles. The van der Waals surface area contributed by atoms with Gasteiger partial charge in [-0.2, -0.15) is 0 Å². The van der Waals surface area contributed by atoms with E-state index < -0.39 is 5.97 Å². The van der Waals surface area contributed by atoms with Gasteiger partial charge in [-0.3, -0.25) is 0 Å². The van der Waals surface area contributed by atoms with Gasteiger partial charge in [-0.15, -0.1) is 0 Å². The van der Waals surface area contributed by atoms with Gasteiger partial charge >= 0.3 is 12.0 Å². The first-order valence-electron chi connectivity index (χ1n) is 7.56. The van der Waals surface area contributed by atoms with Gasteiger partial charge in [0.1, 0.15) is 0 Å². The number of hydrogen-bond donors (Lipinski definition) is 4. The minimum Gasteiger partial charge on any atom is -0.478 e. The second kappa shape index (κ2) is 7.79. The summed E-state index contributed by atoms with van der Waals surface area (Å²) in [6.07, 6.45) is 3.67. The summed E-state index contributed by atoms with van der Waals surface area (Å²) in [5, 5.41) is 23.6. The number of aromatic carboxylic acids is 1. The van der Waals surface area contributed by atoms with Gasteiger partial charge in [-0.25, -0.2) is 9.59 Å². The van der Waals surface area contributed by atoms with E-state index in [-0.39, 0.29) is 24.2 Å². The van der Waals surface area contributed by atoms with Crippen LogP contribution in [0, 0.1) is 5.92 Å². The highest BCUT2D eigenvalue weighted by Gasteiger charge is 2.21. The lowest BCUT2D eigenvalue weighted by Crippen LogP contribution is -2.43. The molecule has 0 bridgehead atoms. The zero-order chi connectivity index (χ0) is 15.9. The molecule has 4 N–H and O–H groups in total. The molecule has 1 aliphatic rings. The van der Waals surface area contributed by atoms with Crippen LogP contribution >= 0.6 is 0 Å². The third-order valence-corrected chi connectivity index (χ3v) is 4.09. The Labute approximate surface area is 129 Å². The van der Waals surface area contributed by atoms with Crippen LogP contribution in [0.4, 0.5) is 4.79 Å². The number of aliphatic hydroxyl groups is 1. The summed E-state index contributed by atoms with van der Waals surface area (Å²) in [6, 6.07) is 6.37. The molecule has 0 atom stereocenters. The molecule has 0 spiro atoms. The van der Waals surface area contributed by atoms with Gasteiger partial charge < -0.3 is 20.8 Å². The number of carboxylic acid groups (broad SMARTS) is 1. The van der Waals surface area contributed by atoms with Gasteiger partial charge in [0.05, 0.1) is 5.56 Å². The summed E-state index contributed by atoms with van der Waals surface area (Å²) < 4.78 is 0. The van der Waals surface area contributed by atoms with Crippen molar-refractivity contribution in [1.82, 2.24) is 10.6 Å². The second-order valence-corrected chi connectivity index (χ2v) is 5.73. The molecule has 6 nitrogen and oxygen atoms in total. The standard InChI is InChI=1S/C16H22N2O4/c19-10-12-3-7-14(8-4-12)18-16(22)17-9-11-1-5-13(6-2-11)15(20)21/h1-2,5-6,12,14,19H,3-4,7-10H2,(H,20,21)(H2,17,18,22). The number of aliphatic hydroxyl groups excluding tert-OH is 1. The van der Waals surface area contributed by atoms with Crippen molar-refractivity contribution in [1.29, 1.82) is 0 Å². The minimum atomic E-state index is -0.962. The fraction of sp³-hybridized carbons (Fsp3) is 0.500. The zero-order valence-corrected chi connectivity index (χ0v) is 12.4. The Morgan fingerprint density at radius 2 is 1.73 bits per heavy atom. The van der Waals surface area contributed by atoms with Crippen LogP contribution in [0.15, 0.2) is 24.3 Å². The van der Waals surface area contributed by atoms with Crippen molar-refractivity contribution in [3.63, 3.8) is 0 Å². The van der Waals surface area contributed by atoms with Crippen molar-refractivity contribution in [2.75, 3.05) is 6.61 Å². The van der Waals surface area contributed by atoms with Crippen LogP contribution in [0.3, 0.4) is 0 Å². The van der Waals surface area contributed by atoms with Crippen LogP contribution in [0.5, 0.6) is 0 Å². The maximum Gasteiger partial charge on any atom is 0.335 e. The number of carboxylic acids is 1. The highest BCUT2D eigenvalue weighted by atomic mass is 16.4. The average Bonchev–Trinajstić information content (AvgIpc) is 2.54. The molecule has 0 aromatic heterocycles. The number of urea groups is 1. The van der Waals surface area contributed by atoms with E-state index in [9.17, 15) is 9.59 Å². The number of nitrogens with one attached hydrogen (secondary N) is 2. The van der Waals surface area contributed by atoms with Crippen LogP contribution in [0.1, 0.15) is 41.6 Å². The number of hydrogen-bond acceptors (Lipinski definition) is 3. The van der Waals surface area contributed by atoms with E-state index >= 15 is 0 Å². The number of carbonyl (C=O) groups is 2. The first kappa shape index (κ1) is 16.3. The van der Waals surface area contributed by atoms with Gasteiger partial charge in [0.25, 0.3) is 0 Å². The van der Waals surface area contributed by atoms with Gasteiger partial charge in [0.15, 0.2) is 0 Å². The second-order valence-electron chi connectivity index (χ2n) is 5.73. The quantitative estimate of drug-likeness (QED) is 0.666. The fourth-order valence-corrected chi connectivity index (χ4v) is 2.67. The summed E-state index contributed by atoms with van der Waals surface area (Å²) in [6.45, 7) is 0.586. The van der Waals surface area contributed by atoms with Crippen molar-refractivity contribution >= 4 is 12.0 Å². The summed E-state index contributed by atoms with van der Waals surface area (Å²) in [5.41, 5.74) is 1.08. The summed E-state index contributed by atoms with van der Waals surface area (Å²) in [5.74, 6) is -0.593. The van der Waals surface area contributed by atoms with E-state index in [2.05, 4.69) is 10.6 Å². The molecule has 1 aromatic carbocycles. The largest absolute Gasteiger partial charge is 0.478 e. The molecule has 22 heavy (non-hydrogen) atoms. The maximum atomic E-state index is 11.8. The summed E-state index contributed by atoms with van der Waals surface area (Å²) in [4.78, 5) is 22.6. The highest BCUT2D eigenvalue weighted by Crippen LogP contribution is 2.23. The smallest absolute Gasteiger partial charge is 0.335 e. The molecule has 1 saturated carbocycles. The Kier molecular flexibility index (Phi) is 5.77. The topological polar surface area (TPSA) is 98.7 Å². The van der Waals surface area contributed by atoms with Gasteiger partial charge in [-0.1, -0.05) is 12.1 Å². The molecule has 0 saturated heterocycles. The van der Waals surface area contributed by atoms with Crippen LogP contribution in [0.25, 0.3) is 0 Å². The highest BCUT2D eigenvalue weighted by molar-refractivity contribution is 5.87. The van der Waals surface area contributed by atoms with Crippen molar-refractivity contribution < 1.29 is 19.8 Å². The number of rotatable bonds is 5. The molecule has 0 radical (unpaired) electrons. The van der Waals surface area contributed by atoms with Crippen molar-refractivity contribution in [3.8, 4) is 0 Å². The lowest BCUT2D eigenvalue weighted by Gasteiger charge is -2.27. The first-order valence-corrected chi connectivity index (χ1v) is 7.56. The van der Waals surface area contributed by atoms with Gasteiger partial charge in [-0.05, 0) is 49.3 Å². The third-order valence-electron chi connectivity index (χ3n) is 4.09. The molecule has 2 rings (SSSR count). The van der Waals surface area contributed by atoms with Crippen LogP contribution in [0.2, 0.25) is 0 Å². The lowest BCUT2D eigenvalue weighted by atomic mass is 9.87. The van der Waals surface area contributed by atoms with Gasteiger partial charge in [0.2, 0.25) is 0 Å². The molecular weight excluding hydrogens is 284 g/mol. The molecule has 0 aliphatic heterocycles. The monoisotopic (exact) mass is 306 g/mol. The Bertz CT molecular complexity index is 507. The van der Waals surface area contributed by atoms with E-state index in [0.29, 0.717) is 12.5 Å². The molecule has 0 unspecified atom stereocenters. The van der Waals surface area contributed by atoms with Crippen molar-refractivity contribution in [3.05, 3.63) is 35.4 Å².